The Morgan fingerprint density at radius 1 is 1.30 bits per heavy atom. The predicted octanol–water partition coefficient (Wildman–Crippen LogP) is 3.79. The maximum absolute atomic E-state index is 11.5. The lowest BCUT2D eigenvalue weighted by atomic mass is 10.1. The van der Waals surface area contributed by atoms with E-state index in [0.29, 0.717) is 19.4 Å². The van der Waals surface area contributed by atoms with E-state index in [0.717, 1.165) is 6.42 Å². The molecule has 3 N–H and O–H groups in total. The molecule has 1 atom stereocenters. The van der Waals surface area contributed by atoms with Gasteiger partial charge < -0.3 is 20.5 Å². The van der Waals surface area contributed by atoms with Gasteiger partial charge in [-0.1, -0.05) is 6.07 Å². The number of anilines is 1. The van der Waals surface area contributed by atoms with Crippen molar-refractivity contribution in [1.29, 1.82) is 0 Å². The molecule has 1 aromatic rings. The largest absolute Gasteiger partial charge is 0.478 e. The molecule has 0 fully saturated rings. The van der Waals surface area contributed by atoms with Gasteiger partial charge in [-0.2, -0.15) is 0 Å². The van der Waals surface area contributed by atoms with E-state index in [4.69, 9.17) is 4.74 Å². The zero-order valence-corrected chi connectivity index (χ0v) is 16.1. The summed E-state index contributed by atoms with van der Waals surface area (Å²) in [4.78, 5) is 33.4. The number of hydrogen-bond acceptors (Lipinski definition) is 6. The zero-order valence-electron chi connectivity index (χ0n) is 16.1. The van der Waals surface area contributed by atoms with E-state index >= 15 is 0 Å². The topological polar surface area (TPSA) is 131 Å². The highest BCUT2D eigenvalue weighted by Crippen LogP contribution is 2.29. The number of amides is 1. The van der Waals surface area contributed by atoms with Crippen LogP contribution in [-0.2, 0) is 4.74 Å². The summed E-state index contributed by atoms with van der Waals surface area (Å²) in [5.41, 5.74) is -0.945. The van der Waals surface area contributed by atoms with Crippen molar-refractivity contribution in [3.8, 4) is 0 Å². The van der Waals surface area contributed by atoms with Gasteiger partial charge in [0, 0.05) is 18.7 Å². The number of hydrogen-bond donors (Lipinski definition) is 3. The van der Waals surface area contributed by atoms with Gasteiger partial charge in [0.1, 0.15) is 11.3 Å². The molecule has 27 heavy (non-hydrogen) atoms. The van der Waals surface area contributed by atoms with Crippen LogP contribution in [0.25, 0.3) is 0 Å². The van der Waals surface area contributed by atoms with E-state index in [1.165, 1.54) is 18.2 Å². The first-order valence-electron chi connectivity index (χ1n) is 8.75. The first-order valence-corrected chi connectivity index (χ1v) is 8.75. The van der Waals surface area contributed by atoms with Gasteiger partial charge in [0.25, 0.3) is 5.69 Å². The minimum atomic E-state index is -1.23. The first kappa shape index (κ1) is 22.2. The van der Waals surface area contributed by atoms with Gasteiger partial charge >= 0.3 is 12.1 Å². The molecule has 0 aliphatic heterocycles. The molecule has 1 aromatic carbocycles. The van der Waals surface area contributed by atoms with E-state index in [9.17, 15) is 24.8 Å². The summed E-state index contributed by atoms with van der Waals surface area (Å²) in [6, 6.07) is 3.77. The molecule has 0 saturated heterocycles. The van der Waals surface area contributed by atoms with Crippen LogP contribution in [-0.4, -0.2) is 40.3 Å². The minimum absolute atomic E-state index is 0.00869. The molecule has 0 aliphatic carbocycles. The number of para-hydroxylation sites is 1. The number of nitrogens with zero attached hydrogens (tertiary/aromatic N) is 1. The predicted molar refractivity (Wildman–Crippen MR) is 101 cm³/mol. The lowest BCUT2D eigenvalue weighted by Gasteiger charge is -2.20. The molecule has 9 heteroatoms. The molecule has 1 amide bonds. The van der Waals surface area contributed by atoms with Gasteiger partial charge in [0.05, 0.1) is 10.5 Å². The van der Waals surface area contributed by atoms with Gasteiger partial charge in [0.2, 0.25) is 0 Å². The van der Waals surface area contributed by atoms with E-state index in [2.05, 4.69) is 10.6 Å². The van der Waals surface area contributed by atoms with Crippen molar-refractivity contribution in [3.63, 3.8) is 0 Å². The van der Waals surface area contributed by atoms with E-state index < -0.39 is 22.6 Å². The minimum Gasteiger partial charge on any atom is -0.478 e. The molecule has 1 rings (SSSR count). The van der Waals surface area contributed by atoms with Crippen molar-refractivity contribution in [2.45, 2.75) is 58.6 Å². The molecule has 150 valence electrons. The third kappa shape index (κ3) is 7.93. The third-order valence-corrected chi connectivity index (χ3v) is 3.59. The van der Waals surface area contributed by atoms with Crippen LogP contribution in [0.5, 0.6) is 0 Å². The number of nitro groups is 1. The van der Waals surface area contributed by atoms with Crippen molar-refractivity contribution in [3.05, 3.63) is 33.9 Å². The molecule has 0 unspecified atom stereocenters. The summed E-state index contributed by atoms with van der Waals surface area (Å²) in [6.45, 7) is 7.63. The Bertz CT molecular complexity index is 652. The first-order chi connectivity index (χ1) is 12.5. The molecule has 0 bridgehead atoms. The Labute approximate surface area is 158 Å². The Morgan fingerprint density at radius 3 is 2.52 bits per heavy atom. The summed E-state index contributed by atoms with van der Waals surface area (Å²) in [6.07, 6.45) is 1.63. The molecule has 0 heterocycles. The average Bonchev–Trinajstić information content (AvgIpc) is 2.52. The van der Waals surface area contributed by atoms with Gasteiger partial charge in [-0.3, -0.25) is 10.1 Å². The Balaban J connectivity index is 2.52. The summed E-state index contributed by atoms with van der Waals surface area (Å²) in [5, 5.41) is 26.0. The number of ether oxygens (including phenoxy) is 1. The number of nitro benzene ring substituents is 1. The molecule has 0 spiro atoms. The maximum Gasteiger partial charge on any atom is 0.407 e. The molecule has 0 aromatic heterocycles. The standard InChI is InChI=1S/C18H27N3O6/c1-12(8-5-6-11-19-17(24)27-18(2,3)4)20-15-13(16(22)23)9-7-10-14(15)21(25)26/h7,9-10,12,20H,5-6,8,11H2,1-4H3,(H,19,24)(H,22,23)/t12-/m0/s1. The highest BCUT2D eigenvalue weighted by molar-refractivity contribution is 5.96. The van der Waals surface area contributed by atoms with E-state index in [1.807, 2.05) is 6.92 Å². The summed E-state index contributed by atoms with van der Waals surface area (Å²) >= 11 is 0. The molecular formula is C18H27N3O6. The quantitative estimate of drug-likeness (QED) is 0.337. The van der Waals surface area contributed by atoms with Crippen molar-refractivity contribution < 1.29 is 24.4 Å². The molecule has 0 aliphatic rings. The van der Waals surface area contributed by atoms with Gasteiger partial charge in [-0.25, -0.2) is 9.59 Å². The summed E-state index contributed by atoms with van der Waals surface area (Å²) < 4.78 is 5.13. The van der Waals surface area contributed by atoms with Crippen LogP contribution in [0.2, 0.25) is 0 Å². The van der Waals surface area contributed by atoms with Gasteiger partial charge in [-0.05, 0) is 53.0 Å². The molecular weight excluding hydrogens is 354 g/mol. The average molecular weight is 381 g/mol. The monoisotopic (exact) mass is 381 g/mol. The van der Waals surface area contributed by atoms with Gasteiger partial charge in [0.15, 0.2) is 0 Å². The fourth-order valence-electron chi connectivity index (χ4n) is 2.42. The lowest BCUT2D eigenvalue weighted by Crippen LogP contribution is -2.33. The number of unbranched alkanes of at least 4 members (excludes halogenated alkanes) is 1. The van der Waals surface area contributed by atoms with Gasteiger partial charge in [-0.15, -0.1) is 0 Å². The lowest BCUT2D eigenvalue weighted by molar-refractivity contribution is -0.384. The SMILES string of the molecule is C[C@@H](CCCCNC(=O)OC(C)(C)C)Nc1c(C(=O)O)cccc1[N+](=O)[O-]. The van der Waals surface area contributed by atoms with Crippen molar-refractivity contribution >= 4 is 23.4 Å². The smallest absolute Gasteiger partial charge is 0.407 e. The van der Waals surface area contributed by atoms with Crippen LogP contribution >= 0.6 is 0 Å². The summed E-state index contributed by atoms with van der Waals surface area (Å²) in [5.74, 6) is -1.23. The fraction of sp³-hybridized carbons (Fsp3) is 0.556. The van der Waals surface area contributed by atoms with Crippen LogP contribution < -0.4 is 10.6 Å². The number of carbonyl (C=O) groups is 2. The Hall–Kier alpha value is -2.84. The fourth-order valence-corrected chi connectivity index (χ4v) is 2.42. The molecule has 0 radical (unpaired) electrons. The van der Waals surface area contributed by atoms with Crippen LogP contribution in [0.3, 0.4) is 0 Å². The molecule has 9 nitrogen and oxygen atoms in total. The van der Waals surface area contributed by atoms with E-state index in [-0.39, 0.29) is 23.0 Å². The highest BCUT2D eigenvalue weighted by atomic mass is 16.6. The van der Waals surface area contributed by atoms with Crippen LogP contribution in [0.4, 0.5) is 16.2 Å². The Morgan fingerprint density at radius 2 is 1.96 bits per heavy atom. The molecule has 0 saturated carbocycles. The zero-order chi connectivity index (χ0) is 20.6. The van der Waals surface area contributed by atoms with Crippen LogP contribution in [0.1, 0.15) is 57.3 Å². The highest BCUT2D eigenvalue weighted by Gasteiger charge is 2.22. The number of aromatic carboxylic acids is 1. The maximum atomic E-state index is 11.5. The van der Waals surface area contributed by atoms with Crippen LogP contribution in [0.15, 0.2) is 18.2 Å². The third-order valence-electron chi connectivity index (χ3n) is 3.59. The number of alkyl carbamates (subject to hydrolysis) is 1. The number of nitrogens with one attached hydrogen (secondary N) is 2. The van der Waals surface area contributed by atoms with Crippen molar-refractivity contribution in [1.82, 2.24) is 5.32 Å². The van der Waals surface area contributed by atoms with Crippen molar-refractivity contribution in [2.75, 3.05) is 11.9 Å². The number of carboxylic acid groups (broad SMARTS) is 1. The number of carbonyl (C=O) groups excluding carboxylic acids is 1. The summed E-state index contributed by atoms with van der Waals surface area (Å²) in [7, 11) is 0. The second kappa shape index (κ2) is 9.75. The second-order valence-electron chi connectivity index (χ2n) is 7.23. The van der Waals surface area contributed by atoms with Crippen molar-refractivity contribution in [2.24, 2.45) is 0 Å². The van der Waals surface area contributed by atoms with E-state index in [1.54, 1.807) is 20.8 Å². The number of carboxylic acids is 1. The normalized spacial score (nSPS) is 12.1. The Kier molecular flexibility index (Phi) is 8.01. The second-order valence-corrected chi connectivity index (χ2v) is 7.23. The number of rotatable bonds is 9. The number of benzene rings is 1. The van der Waals surface area contributed by atoms with Crippen LogP contribution in [0, 0.1) is 10.1 Å².